The third-order valence-corrected chi connectivity index (χ3v) is 2.44. The van der Waals surface area contributed by atoms with Crippen LogP contribution in [0.5, 0.6) is 0 Å². The quantitative estimate of drug-likeness (QED) is 0.592. The maximum Gasteiger partial charge on any atom is 0.340 e. The van der Waals surface area contributed by atoms with E-state index in [1.807, 2.05) is 0 Å². The molecule has 1 rings (SSSR count). The van der Waals surface area contributed by atoms with Crippen LogP contribution in [0.3, 0.4) is 0 Å². The monoisotopic (exact) mass is 268 g/mol. The smallest absolute Gasteiger partial charge is 0.340 e. The van der Waals surface area contributed by atoms with Gasteiger partial charge in [-0.05, 0) is 17.7 Å². The molecule has 0 unspecified atom stereocenters. The van der Waals surface area contributed by atoms with E-state index >= 15 is 0 Å². The summed E-state index contributed by atoms with van der Waals surface area (Å²) < 4.78 is 18.0. The second kappa shape index (κ2) is 7.48. The number of carbonyl (C=O) groups excluding carboxylic acids is 2. The minimum atomic E-state index is -0.692. The molecule has 1 amide bonds. The maximum absolute atomic E-state index is 13.6. The zero-order chi connectivity index (χ0) is 14.3. The number of methoxy groups -OCH3 is 1. The second-order valence-electron chi connectivity index (χ2n) is 3.97. The van der Waals surface area contributed by atoms with Crippen molar-refractivity contribution in [3.05, 3.63) is 35.1 Å². The van der Waals surface area contributed by atoms with Crippen molar-refractivity contribution in [3.8, 4) is 0 Å². The van der Waals surface area contributed by atoms with Gasteiger partial charge in [-0.3, -0.25) is 4.79 Å². The lowest BCUT2D eigenvalue weighted by molar-refractivity contribution is -0.118. The predicted molar refractivity (Wildman–Crippen MR) is 68.1 cm³/mol. The second-order valence-corrected chi connectivity index (χ2v) is 3.97. The molecule has 1 aromatic rings. The normalized spacial score (nSPS) is 10.1. The Kier molecular flexibility index (Phi) is 5.95. The van der Waals surface area contributed by atoms with E-state index < -0.39 is 11.8 Å². The number of benzene rings is 1. The highest BCUT2D eigenvalue weighted by Gasteiger charge is 2.11. The summed E-state index contributed by atoms with van der Waals surface area (Å²) in [7, 11) is 1.21. The Bertz CT molecular complexity index is 463. The molecule has 0 fully saturated rings. The van der Waals surface area contributed by atoms with Gasteiger partial charge in [0.2, 0.25) is 5.91 Å². The lowest BCUT2D eigenvalue weighted by atomic mass is 10.1. The molecule has 0 aliphatic rings. The molecule has 2 N–H and O–H groups in total. The summed E-state index contributed by atoms with van der Waals surface area (Å²) in [6.07, 6.45) is 0. The van der Waals surface area contributed by atoms with Crippen molar-refractivity contribution in [2.45, 2.75) is 13.5 Å². The minimum absolute atomic E-state index is 0.0792. The van der Waals surface area contributed by atoms with Gasteiger partial charge in [-0.15, -0.1) is 0 Å². The first-order valence-corrected chi connectivity index (χ1v) is 5.86. The first-order chi connectivity index (χ1) is 9.04. The van der Waals surface area contributed by atoms with Crippen LogP contribution in [0.25, 0.3) is 0 Å². The number of nitrogens with one attached hydrogen (secondary N) is 2. The fourth-order valence-corrected chi connectivity index (χ4v) is 1.50. The zero-order valence-corrected chi connectivity index (χ0v) is 11.0. The summed E-state index contributed by atoms with van der Waals surface area (Å²) in [5.74, 6) is -1.38. The number of ether oxygens (including phenoxy) is 1. The lowest BCUT2D eigenvalue weighted by Gasteiger charge is -2.07. The lowest BCUT2D eigenvalue weighted by Crippen LogP contribution is -2.29. The molecule has 0 aliphatic carbocycles. The van der Waals surface area contributed by atoms with Gasteiger partial charge in [-0.25, -0.2) is 9.18 Å². The van der Waals surface area contributed by atoms with Crippen molar-refractivity contribution < 1.29 is 18.7 Å². The molecule has 0 aromatic heterocycles. The van der Waals surface area contributed by atoms with E-state index in [1.54, 1.807) is 6.07 Å². The van der Waals surface area contributed by atoms with Gasteiger partial charge in [0.1, 0.15) is 5.82 Å². The van der Waals surface area contributed by atoms with Crippen LogP contribution in [0.15, 0.2) is 18.2 Å². The summed E-state index contributed by atoms with van der Waals surface area (Å²) in [6.45, 7) is 3.00. The Balaban J connectivity index is 2.45. The Hall–Kier alpha value is -1.95. The highest BCUT2D eigenvalue weighted by atomic mass is 19.1. The van der Waals surface area contributed by atoms with Crippen LogP contribution < -0.4 is 10.6 Å². The summed E-state index contributed by atoms with van der Waals surface area (Å²) in [5, 5.41) is 5.69. The number of amides is 1. The van der Waals surface area contributed by atoms with Gasteiger partial charge in [-0.1, -0.05) is 6.07 Å². The fraction of sp³-hybridized carbons (Fsp3) is 0.385. The maximum atomic E-state index is 13.6. The Labute approximate surface area is 111 Å². The van der Waals surface area contributed by atoms with E-state index in [4.69, 9.17) is 0 Å². The van der Waals surface area contributed by atoms with Crippen LogP contribution in [0.1, 0.15) is 22.8 Å². The van der Waals surface area contributed by atoms with E-state index in [-0.39, 0.29) is 11.5 Å². The minimum Gasteiger partial charge on any atom is -0.465 e. The fourth-order valence-electron chi connectivity index (χ4n) is 1.50. The largest absolute Gasteiger partial charge is 0.465 e. The van der Waals surface area contributed by atoms with E-state index in [0.29, 0.717) is 25.2 Å². The van der Waals surface area contributed by atoms with Crippen molar-refractivity contribution in [2.24, 2.45) is 0 Å². The first-order valence-electron chi connectivity index (χ1n) is 5.86. The van der Waals surface area contributed by atoms with Gasteiger partial charge in [0.05, 0.1) is 12.7 Å². The van der Waals surface area contributed by atoms with Crippen molar-refractivity contribution in [2.75, 3.05) is 20.2 Å². The SMILES string of the molecule is COC(=O)c1ccc(CNCCNC(C)=O)cc1F. The Morgan fingerprint density at radius 2 is 2.05 bits per heavy atom. The van der Waals surface area contributed by atoms with Crippen molar-refractivity contribution in [1.82, 2.24) is 10.6 Å². The highest BCUT2D eigenvalue weighted by Crippen LogP contribution is 2.11. The van der Waals surface area contributed by atoms with Gasteiger partial charge in [0.15, 0.2) is 0 Å². The van der Waals surface area contributed by atoms with Crippen LogP contribution in [0.4, 0.5) is 4.39 Å². The van der Waals surface area contributed by atoms with Crippen LogP contribution >= 0.6 is 0 Å². The van der Waals surface area contributed by atoms with Crippen LogP contribution in [-0.4, -0.2) is 32.1 Å². The van der Waals surface area contributed by atoms with Gasteiger partial charge >= 0.3 is 5.97 Å². The third kappa shape index (κ3) is 5.05. The summed E-state index contributed by atoms with van der Waals surface area (Å²) in [6, 6.07) is 4.34. The van der Waals surface area contributed by atoms with Crippen LogP contribution in [0, 0.1) is 5.82 Å². The number of hydrogen-bond donors (Lipinski definition) is 2. The van der Waals surface area contributed by atoms with Crippen LogP contribution in [-0.2, 0) is 16.1 Å². The molecule has 0 aliphatic heterocycles. The molecule has 6 heteroatoms. The summed E-state index contributed by atoms with van der Waals surface area (Å²) >= 11 is 0. The van der Waals surface area contributed by atoms with Gasteiger partial charge in [0.25, 0.3) is 0 Å². The van der Waals surface area contributed by atoms with E-state index in [2.05, 4.69) is 15.4 Å². The topological polar surface area (TPSA) is 67.4 Å². The highest BCUT2D eigenvalue weighted by molar-refractivity contribution is 5.89. The number of esters is 1. The van der Waals surface area contributed by atoms with Gasteiger partial charge < -0.3 is 15.4 Å². The predicted octanol–water partition coefficient (Wildman–Crippen LogP) is 0.838. The van der Waals surface area contributed by atoms with E-state index in [0.717, 1.165) is 0 Å². The molecular weight excluding hydrogens is 251 g/mol. The molecule has 0 saturated carbocycles. The summed E-state index contributed by atoms with van der Waals surface area (Å²) in [4.78, 5) is 21.8. The molecule has 1 aromatic carbocycles. The van der Waals surface area contributed by atoms with E-state index in [9.17, 15) is 14.0 Å². The first kappa shape index (κ1) is 15.1. The summed E-state index contributed by atoms with van der Waals surface area (Å²) in [5.41, 5.74) is 0.637. The molecular formula is C13H17FN2O3. The molecule has 19 heavy (non-hydrogen) atoms. The third-order valence-electron chi connectivity index (χ3n) is 2.44. The number of carbonyl (C=O) groups is 2. The molecule has 0 heterocycles. The molecule has 0 atom stereocenters. The number of rotatable bonds is 6. The molecule has 0 spiro atoms. The molecule has 0 radical (unpaired) electrons. The molecule has 0 saturated heterocycles. The Morgan fingerprint density at radius 1 is 1.32 bits per heavy atom. The average Bonchev–Trinajstić information content (AvgIpc) is 2.37. The number of halogens is 1. The van der Waals surface area contributed by atoms with Crippen molar-refractivity contribution in [1.29, 1.82) is 0 Å². The standard InChI is InChI=1S/C13H17FN2O3/c1-9(17)16-6-5-15-8-10-3-4-11(12(14)7-10)13(18)19-2/h3-4,7,15H,5-6,8H2,1-2H3,(H,16,17). The van der Waals surface area contributed by atoms with Crippen LogP contribution in [0.2, 0.25) is 0 Å². The van der Waals surface area contributed by atoms with Gasteiger partial charge in [0, 0.05) is 26.6 Å². The number of hydrogen-bond acceptors (Lipinski definition) is 4. The van der Waals surface area contributed by atoms with Gasteiger partial charge in [-0.2, -0.15) is 0 Å². The van der Waals surface area contributed by atoms with Crippen molar-refractivity contribution in [3.63, 3.8) is 0 Å². The zero-order valence-electron chi connectivity index (χ0n) is 11.0. The average molecular weight is 268 g/mol. The van der Waals surface area contributed by atoms with Crippen molar-refractivity contribution >= 4 is 11.9 Å². The molecule has 5 nitrogen and oxygen atoms in total. The molecule has 104 valence electrons. The molecule has 0 bridgehead atoms. The van der Waals surface area contributed by atoms with E-state index in [1.165, 1.54) is 26.2 Å². The Morgan fingerprint density at radius 3 is 2.63 bits per heavy atom.